The van der Waals surface area contributed by atoms with Gasteiger partial charge in [0.15, 0.2) is 0 Å². The van der Waals surface area contributed by atoms with E-state index in [0.29, 0.717) is 23.7 Å². The monoisotopic (exact) mass is 288 g/mol. The number of carbonyl (C=O) groups is 1. The highest BCUT2D eigenvalue weighted by molar-refractivity contribution is 5.90. The van der Waals surface area contributed by atoms with Crippen LogP contribution in [0, 0.1) is 0 Å². The molecular formula is C15H20N4O2. The number of carbonyl (C=O) groups excluding carboxylic acids is 1. The van der Waals surface area contributed by atoms with Crippen LogP contribution in [0.4, 0.5) is 11.4 Å². The molecule has 2 rings (SSSR count). The molecule has 21 heavy (non-hydrogen) atoms. The van der Waals surface area contributed by atoms with Crippen molar-refractivity contribution in [2.45, 2.75) is 26.3 Å². The van der Waals surface area contributed by atoms with Crippen LogP contribution in [0.15, 0.2) is 36.7 Å². The molecule has 0 aliphatic rings. The summed E-state index contributed by atoms with van der Waals surface area (Å²) in [6.45, 7) is 4.35. The van der Waals surface area contributed by atoms with Gasteiger partial charge in [-0.05, 0) is 26.0 Å². The van der Waals surface area contributed by atoms with Crippen LogP contribution in [0.25, 0.3) is 0 Å². The van der Waals surface area contributed by atoms with Gasteiger partial charge in [-0.25, -0.2) is 0 Å². The van der Waals surface area contributed by atoms with Gasteiger partial charge >= 0.3 is 0 Å². The summed E-state index contributed by atoms with van der Waals surface area (Å²) in [5.41, 5.74) is 6.98. The first kappa shape index (κ1) is 14.9. The Kier molecular flexibility index (Phi) is 4.81. The zero-order chi connectivity index (χ0) is 15.2. The molecule has 0 unspecified atom stereocenters. The number of anilines is 2. The van der Waals surface area contributed by atoms with Crippen LogP contribution in [-0.4, -0.2) is 22.3 Å². The summed E-state index contributed by atoms with van der Waals surface area (Å²) in [7, 11) is 0. The molecule has 1 amide bonds. The summed E-state index contributed by atoms with van der Waals surface area (Å²) in [5, 5.41) is 6.95. The predicted octanol–water partition coefficient (Wildman–Crippen LogP) is 2.45. The molecule has 1 aromatic carbocycles. The van der Waals surface area contributed by atoms with Crippen molar-refractivity contribution in [2.75, 3.05) is 17.7 Å². The van der Waals surface area contributed by atoms with Crippen molar-refractivity contribution in [3.05, 3.63) is 36.7 Å². The zero-order valence-corrected chi connectivity index (χ0v) is 12.2. The van der Waals surface area contributed by atoms with Gasteiger partial charge in [-0.1, -0.05) is 6.07 Å². The standard InChI is InChI=1S/C15H20N4O2/c1-11(2)19-10-13(9-17-19)18-15(20)6-7-21-14-5-3-4-12(16)8-14/h3-5,8-11H,6-7,16H2,1-2H3,(H,18,20). The van der Waals surface area contributed by atoms with Crippen molar-refractivity contribution >= 4 is 17.3 Å². The van der Waals surface area contributed by atoms with Crippen LogP contribution in [0.3, 0.4) is 0 Å². The normalized spacial score (nSPS) is 10.6. The van der Waals surface area contributed by atoms with Crippen LogP contribution in [0.2, 0.25) is 0 Å². The van der Waals surface area contributed by atoms with Crippen molar-refractivity contribution in [1.82, 2.24) is 9.78 Å². The number of ether oxygens (including phenoxy) is 1. The highest BCUT2D eigenvalue weighted by Gasteiger charge is 2.06. The average molecular weight is 288 g/mol. The molecule has 0 saturated carbocycles. The molecule has 0 radical (unpaired) electrons. The number of hydrogen-bond acceptors (Lipinski definition) is 4. The van der Waals surface area contributed by atoms with Gasteiger partial charge in [0.2, 0.25) is 5.91 Å². The minimum atomic E-state index is -0.109. The summed E-state index contributed by atoms with van der Waals surface area (Å²) in [4.78, 5) is 11.8. The van der Waals surface area contributed by atoms with Gasteiger partial charge in [0, 0.05) is 24.0 Å². The van der Waals surface area contributed by atoms with Gasteiger partial charge in [0.05, 0.1) is 24.9 Å². The molecule has 2 aromatic rings. The van der Waals surface area contributed by atoms with E-state index in [1.807, 2.05) is 19.9 Å². The maximum absolute atomic E-state index is 11.8. The first-order valence-electron chi connectivity index (χ1n) is 6.87. The summed E-state index contributed by atoms with van der Waals surface area (Å²) in [5.74, 6) is 0.553. The molecule has 0 aliphatic heterocycles. The van der Waals surface area contributed by atoms with Crippen LogP contribution in [0.5, 0.6) is 5.75 Å². The Labute approximate surface area is 123 Å². The lowest BCUT2D eigenvalue weighted by Crippen LogP contribution is -2.15. The number of hydrogen-bond donors (Lipinski definition) is 2. The molecule has 6 heteroatoms. The quantitative estimate of drug-likeness (QED) is 0.800. The molecule has 0 spiro atoms. The Morgan fingerprint density at radius 3 is 2.95 bits per heavy atom. The van der Waals surface area contributed by atoms with E-state index in [9.17, 15) is 4.79 Å². The lowest BCUT2D eigenvalue weighted by atomic mass is 10.3. The van der Waals surface area contributed by atoms with Gasteiger partial charge in [0.1, 0.15) is 5.75 Å². The van der Waals surface area contributed by atoms with Gasteiger partial charge in [-0.2, -0.15) is 5.10 Å². The smallest absolute Gasteiger partial charge is 0.227 e. The first-order chi connectivity index (χ1) is 10.0. The van der Waals surface area contributed by atoms with E-state index in [0.717, 1.165) is 0 Å². The first-order valence-corrected chi connectivity index (χ1v) is 6.87. The van der Waals surface area contributed by atoms with Crippen LogP contribution in [-0.2, 0) is 4.79 Å². The molecule has 1 aromatic heterocycles. The van der Waals surface area contributed by atoms with Gasteiger partial charge in [-0.15, -0.1) is 0 Å². The van der Waals surface area contributed by atoms with E-state index >= 15 is 0 Å². The average Bonchev–Trinajstić information content (AvgIpc) is 2.87. The Balaban J connectivity index is 1.77. The fraction of sp³-hybridized carbons (Fsp3) is 0.333. The number of aromatic nitrogens is 2. The Bertz CT molecular complexity index is 607. The zero-order valence-electron chi connectivity index (χ0n) is 12.2. The SMILES string of the molecule is CC(C)n1cc(NC(=O)CCOc2cccc(N)c2)cn1. The minimum Gasteiger partial charge on any atom is -0.493 e. The Hall–Kier alpha value is -2.50. The molecule has 3 N–H and O–H groups in total. The van der Waals surface area contributed by atoms with Crippen LogP contribution in [0.1, 0.15) is 26.3 Å². The Morgan fingerprint density at radius 1 is 1.48 bits per heavy atom. The molecule has 0 aliphatic carbocycles. The molecule has 0 atom stereocenters. The van der Waals surface area contributed by atoms with Gasteiger partial charge in [0.25, 0.3) is 0 Å². The number of benzene rings is 1. The molecule has 1 heterocycles. The maximum Gasteiger partial charge on any atom is 0.227 e. The van der Waals surface area contributed by atoms with Crippen LogP contribution >= 0.6 is 0 Å². The molecule has 6 nitrogen and oxygen atoms in total. The lowest BCUT2D eigenvalue weighted by molar-refractivity contribution is -0.116. The molecule has 112 valence electrons. The number of nitrogen functional groups attached to an aromatic ring is 1. The van der Waals surface area contributed by atoms with E-state index in [2.05, 4.69) is 10.4 Å². The number of nitrogens with one attached hydrogen (secondary N) is 1. The van der Waals surface area contributed by atoms with Crippen LogP contribution < -0.4 is 15.8 Å². The second-order valence-corrected chi connectivity index (χ2v) is 5.02. The van der Waals surface area contributed by atoms with E-state index in [1.54, 1.807) is 35.3 Å². The third-order valence-electron chi connectivity index (χ3n) is 2.87. The second kappa shape index (κ2) is 6.78. The maximum atomic E-state index is 11.8. The molecule has 0 saturated heterocycles. The fourth-order valence-electron chi connectivity index (χ4n) is 1.77. The van der Waals surface area contributed by atoms with E-state index in [1.165, 1.54) is 0 Å². The van der Waals surface area contributed by atoms with Crippen molar-refractivity contribution in [3.8, 4) is 5.75 Å². The largest absolute Gasteiger partial charge is 0.493 e. The topological polar surface area (TPSA) is 82.2 Å². The van der Waals surface area contributed by atoms with Gasteiger partial charge < -0.3 is 15.8 Å². The third kappa shape index (κ3) is 4.52. The van der Waals surface area contributed by atoms with Crippen molar-refractivity contribution in [1.29, 1.82) is 0 Å². The summed E-state index contributed by atoms with van der Waals surface area (Å²) in [6, 6.07) is 7.39. The highest BCUT2D eigenvalue weighted by atomic mass is 16.5. The summed E-state index contributed by atoms with van der Waals surface area (Å²) in [6.07, 6.45) is 3.71. The lowest BCUT2D eigenvalue weighted by Gasteiger charge is -2.07. The van der Waals surface area contributed by atoms with E-state index in [4.69, 9.17) is 10.5 Å². The second-order valence-electron chi connectivity index (χ2n) is 5.02. The predicted molar refractivity (Wildman–Crippen MR) is 82.2 cm³/mol. The Morgan fingerprint density at radius 2 is 2.29 bits per heavy atom. The van der Waals surface area contributed by atoms with E-state index in [-0.39, 0.29) is 18.4 Å². The summed E-state index contributed by atoms with van der Waals surface area (Å²) >= 11 is 0. The third-order valence-corrected chi connectivity index (χ3v) is 2.87. The fourth-order valence-corrected chi connectivity index (χ4v) is 1.77. The number of amides is 1. The summed E-state index contributed by atoms with van der Waals surface area (Å²) < 4.78 is 7.27. The van der Waals surface area contributed by atoms with E-state index < -0.39 is 0 Å². The number of nitrogens with two attached hydrogens (primary N) is 1. The van der Waals surface area contributed by atoms with Crippen molar-refractivity contribution < 1.29 is 9.53 Å². The van der Waals surface area contributed by atoms with Crippen molar-refractivity contribution in [2.24, 2.45) is 0 Å². The minimum absolute atomic E-state index is 0.109. The van der Waals surface area contributed by atoms with Gasteiger partial charge in [-0.3, -0.25) is 9.48 Å². The number of rotatable bonds is 6. The molecule has 0 bridgehead atoms. The molecule has 0 fully saturated rings. The molecular weight excluding hydrogens is 268 g/mol. The number of nitrogens with zero attached hydrogens (tertiary/aromatic N) is 2. The van der Waals surface area contributed by atoms with Crippen molar-refractivity contribution in [3.63, 3.8) is 0 Å². The highest BCUT2D eigenvalue weighted by Crippen LogP contribution is 2.15.